The van der Waals surface area contributed by atoms with Crippen molar-refractivity contribution in [1.82, 2.24) is 4.90 Å². The molecule has 0 saturated carbocycles. The molecule has 0 radical (unpaired) electrons. The van der Waals surface area contributed by atoms with E-state index in [-0.39, 0.29) is 24.5 Å². The third kappa shape index (κ3) is 5.56. The first-order valence-electron chi connectivity index (χ1n) is 12.4. The molecule has 0 fully saturated rings. The number of fused-ring (bicyclic) bond motifs is 1. The Morgan fingerprint density at radius 3 is 2.22 bits per heavy atom. The number of benzene rings is 3. The summed E-state index contributed by atoms with van der Waals surface area (Å²) in [6.45, 7) is 6.91. The maximum atomic E-state index is 13.7. The number of esters is 1. The molecule has 0 spiro atoms. The van der Waals surface area contributed by atoms with E-state index in [1.165, 1.54) is 0 Å². The minimum atomic E-state index is -0.374. The van der Waals surface area contributed by atoms with Gasteiger partial charge in [-0.05, 0) is 98.0 Å². The van der Waals surface area contributed by atoms with E-state index in [0.717, 1.165) is 22.3 Å². The van der Waals surface area contributed by atoms with Gasteiger partial charge in [-0.15, -0.1) is 0 Å². The SMILES string of the molecule is CCOC(=O)c1ccc(OC[C@H]2c3cc(OC)c(OC)cc3CCN2C(=O)c2ccc(C)c(C)c2)cc1. The summed E-state index contributed by atoms with van der Waals surface area (Å²) in [5.41, 5.74) is 5.38. The molecule has 0 N–H and O–H groups in total. The summed E-state index contributed by atoms with van der Waals surface area (Å²) in [6, 6.07) is 16.2. The fourth-order valence-electron chi connectivity index (χ4n) is 4.57. The van der Waals surface area contributed by atoms with Crippen molar-refractivity contribution >= 4 is 11.9 Å². The Morgan fingerprint density at radius 1 is 0.892 bits per heavy atom. The molecule has 7 heteroatoms. The predicted molar refractivity (Wildman–Crippen MR) is 141 cm³/mol. The van der Waals surface area contributed by atoms with Crippen molar-refractivity contribution in [3.8, 4) is 17.2 Å². The summed E-state index contributed by atoms with van der Waals surface area (Å²) in [5.74, 6) is 1.44. The largest absolute Gasteiger partial charge is 0.493 e. The van der Waals surface area contributed by atoms with Crippen molar-refractivity contribution in [3.05, 3.63) is 88.0 Å². The molecule has 1 aliphatic heterocycles. The number of amides is 1. The van der Waals surface area contributed by atoms with Crippen LogP contribution in [0.25, 0.3) is 0 Å². The number of ether oxygens (including phenoxy) is 4. The molecule has 3 aromatic rings. The molecule has 7 nitrogen and oxygen atoms in total. The number of carbonyl (C=O) groups excluding carboxylic acids is 2. The molecule has 37 heavy (non-hydrogen) atoms. The first-order valence-corrected chi connectivity index (χ1v) is 12.4. The number of methoxy groups -OCH3 is 2. The van der Waals surface area contributed by atoms with Crippen LogP contribution in [0.15, 0.2) is 54.6 Å². The molecule has 0 aliphatic carbocycles. The summed E-state index contributed by atoms with van der Waals surface area (Å²) >= 11 is 0. The first kappa shape index (κ1) is 26.1. The van der Waals surface area contributed by atoms with Crippen molar-refractivity contribution in [3.63, 3.8) is 0 Å². The molecule has 1 aliphatic rings. The maximum Gasteiger partial charge on any atom is 0.338 e. The number of hydrogen-bond acceptors (Lipinski definition) is 6. The van der Waals surface area contributed by atoms with E-state index in [2.05, 4.69) is 0 Å². The van der Waals surface area contributed by atoms with Gasteiger partial charge in [0.1, 0.15) is 12.4 Å². The van der Waals surface area contributed by atoms with E-state index in [1.54, 1.807) is 45.4 Å². The van der Waals surface area contributed by atoms with Gasteiger partial charge in [0, 0.05) is 12.1 Å². The monoisotopic (exact) mass is 503 g/mol. The Balaban J connectivity index is 1.65. The summed E-state index contributed by atoms with van der Waals surface area (Å²) < 4.78 is 22.3. The minimum Gasteiger partial charge on any atom is -0.493 e. The van der Waals surface area contributed by atoms with Crippen molar-refractivity contribution in [2.24, 2.45) is 0 Å². The number of hydrogen-bond donors (Lipinski definition) is 0. The minimum absolute atomic E-state index is 0.0465. The van der Waals surface area contributed by atoms with E-state index >= 15 is 0 Å². The summed E-state index contributed by atoms with van der Waals surface area (Å²) in [6.07, 6.45) is 0.691. The molecule has 0 bridgehead atoms. The highest BCUT2D eigenvalue weighted by molar-refractivity contribution is 5.95. The highest BCUT2D eigenvalue weighted by Gasteiger charge is 2.33. The van der Waals surface area contributed by atoms with Gasteiger partial charge in [-0.25, -0.2) is 4.79 Å². The average molecular weight is 504 g/mol. The Hall–Kier alpha value is -4.00. The van der Waals surface area contributed by atoms with Crippen LogP contribution < -0.4 is 14.2 Å². The second-order valence-corrected chi connectivity index (χ2v) is 9.03. The molecular weight excluding hydrogens is 470 g/mol. The van der Waals surface area contributed by atoms with E-state index in [4.69, 9.17) is 18.9 Å². The van der Waals surface area contributed by atoms with Crippen molar-refractivity contribution in [1.29, 1.82) is 0 Å². The third-order valence-corrected chi connectivity index (χ3v) is 6.79. The van der Waals surface area contributed by atoms with Crippen molar-refractivity contribution in [2.75, 3.05) is 34.0 Å². The molecular formula is C30H33NO6. The van der Waals surface area contributed by atoms with Crippen LogP contribution in [-0.2, 0) is 11.2 Å². The zero-order valence-electron chi connectivity index (χ0n) is 22.0. The molecule has 0 aromatic heterocycles. The van der Waals surface area contributed by atoms with Crippen LogP contribution in [0.4, 0.5) is 0 Å². The van der Waals surface area contributed by atoms with Gasteiger partial charge in [0.25, 0.3) is 5.91 Å². The highest BCUT2D eigenvalue weighted by atomic mass is 16.5. The van der Waals surface area contributed by atoms with Gasteiger partial charge < -0.3 is 23.8 Å². The van der Waals surface area contributed by atoms with Crippen LogP contribution in [0.3, 0.4) is 0 Å². The Morgan fingerprint density at radius 2 is 1.57 bits per heavy atom. The molecule has 0 unspecified atom stereocenters. The fraction of sp³-hybridized carbons (Fsp3) is 0.333. The fourth-order valence-corrected chi connectivity index (χ4v) is 4.57. The topological polar surface area (TPSA) is 74.3 Å². The third-order valence-electron chi connectivity index (χ3n) is 6.79. The van der Waals surface area contributed by atoms with Crippen LogP contribution in [0.5, 0.6) is 17.2 Å². The molecule has 1 heterocycles. The standard InChI is InChI=1S/C30H33NO6/c1-6-36-30(33)21-9-11-24(12-10-21)37-18-26-25-17-28(35-5)27(34-4)16-22(25)13-14-31(26)29(32)23-8-7-19(2)20(3)15-23/h7-12,15-17,26H,6,13-14,18H2,1-5H3/t26-/m0/s1. The van der Waals surface area contributed by atoms with E-state index in [9.17, 15) is 9.59 Å². The predicted octanol–water partition coefficient (Wildman–Crippen LogP) is 5.32. The van der Waals surface area contributed by atoms with E-state index in [0.29, 0.717) is 47.9 Å². The normalized spacial score (nSPS) is 14.5. The number of rotatable bonds is 8. The second-order valence-electron chi connectivity index (χ2n) is 9.03. The van der Waals surface area contributed by atoms with Crippen LogP contribution >= 0.6 is 0 Å². The average Bonchev–Trinajstić information content (AvgIpc) is 2.92. The molecule has 194 valence electrons. The molecule has 4 rings (SSSR count). The van der Waals surface area contributed by atoms with Gasteiger partial charge in [0.15, 0.2) is 11.5 Å². The van der Waals surface area contributed by atoms with Crippen LogP contribution in [0, 0.1) is 13.8 Å². The Bertz CT molecular complexity index is 1280. The Labute approximate surface area is 217 Å². The second kappa shape index (κ2) is 11.4. The smallest absolute Gasteiger partial charge is 0.338 e. The van der Waals surface area contributed by atoms with Gasteiger partial charge in [0.05, 0.1) is 32.4 Å². The zero-order valence-corrected chi connectivity index (χ0v) is 22.0. The lowest BCUT2D eigenvalue weighted by molar-refractivity contribution is 0.0524. The van der Waals surface area contributed by atoms with Crippen LogP contribution in [-0.4, -0.2) is 50.8 Å². The Kier molecular flexibility index (Phi) is 8.01. The number of aryl methyl sites for hydroxylation is 2. The zero-order chi connectivity index (χ0) is 26.5. The van der Waals surface area contributed by atoms with Gasteiger partial charge in [-0.2, -0.15) is 0 Å². The van der Waals surface area contributed by atoms with E-state index in [1.807, 2.05) is 49.1 Å². The van der Waals surface area contributed by atoms with Gasteiger partial charge >= 0.3 is 5.97 Å². The van der Waals surface area contributed by atoms with Crippen LogP contribution in [0.1, 0.15) is 55.9 Å². The molecule has 3 aromatic carbocycles. The molecule has 0 saturated heterocycles. The van der Waals surface area contributed by atoms with Crippen molar-refractivity contribution in [2.45, 2.75) is 33.2 Å². The van der Waals surface area contributed by atoms with Crippen LogP contribution in [0.2, 0.25) is 0 Å². The number of carbonyl (C=O) groups is 2. The molecule has 1 amide bonds. The lowest BCUT2D eigenvalue weighted by Crippen LogP contribution is -2.42. The van der Waals surface area contributed by atoms with Crippen molar-refractivity contribution < 1.29 is 28.5 Å². The van der Waals surface area contributed by atoms with Gasteiger partial charge in [0.2, 0.25) is 0 Å². The van der Waals surface area contributed by atoms with E-state index < -0.39 is 0 Å². The summed E-state index contributed by atoms with van der Waals surface area (Å²) in [4.78, 5) is 27.6. The quantitative estimate of drug-likeness (QED) is 0.388. The summed E-state index contributed by atoms with van der Waals surface area (Å²) in [7, 11) is 3.21. The first-order chi connectivity index (χ1) is 17.9. The summed E-state index contributed by atoms with van der Waals surface area (Å²) in [5, 5.41) is 0. The number of nitrogens with zero attached hydrogens (tertiary/aromatic N) is 1. The van der Waals surface area contributed by atoms with Gasteiger partial charge in [-0.1, -0.05) is 6.07 Å². The van der Waals surface area contributed by atoms with Gasteiger partial charge in [-0.3, -0.25) is 4.79 Å². The lowest BCUT2D eigenvalue weighted by Gasteiger charge is -2.37. The lowest BCUT2D eigenvalue weighted by atomic mass is 9.91. The maximum absolute atomic E-state index is 13.7. The molecule has 1 atom stereocenters. The highest BCUT2D eigenvalue weighted by Crippen LogP contribution is 2.39.